The van der Waals surface area contributed by atoms with Gasteiger partial charge in [0.1, 0.15) is 5.82 Å². The Balaban J connectivity index is 1.62. The summed E-state index contributed by atoms with van der Waals surface area (Å²) in [5.41, 5.74) is 3.13. The Labute approximate surface area is 182 Å². The Bertz CT molecular complexity index is 1090. The number of carbonyl (C=O) groups is 1. The van der Waals surface area contributed by atoms with Crippen molar-refractivity contribution >= 4 is 5.91 Å². The molecule has 1 aromatic heterocycles. The first kappa shape index (κ1) is 20.3. The third-order valence-electron chi connectivity index (χ3n) is 7.43. The van der Waals surface area contributed by atoms with E-state index in [0.717, 1.165) is 38.5 Å². The number of rotatable bonds is 4. The fourth-order valence-electron chi connectivity index (χ4n) is 5.89. The van der Waals surface area contributed by atoms with Crippen LogP contribution in [0.25, 0.3) is 0 Å². The molecule has 0 spiro atoms. The number of fused-ring (bicyclic) bond motifs is 1. The number of carbonyl (C=O) groups excluding carboxylic acids is 1. The maximum Gasteiger partial charge on any atom is 0.315 e. The number of hydrogen-bond donors (Lipinski definition) is 1. The molecule has 1 atom stereocenters. The topological polar surface area (TPSA) is 75.4 Å². The van der Waals surface area contributed by atoms with Crippen molar-refractivity contribution in [2.45, 2.75) is 89.8 Å². The zero-order valence-electron chi connectivity index (χ0n) is 18.6. The van der Waals surface area contributed by atoms with Crippen LogP contribution in [0.4, 0.5) is 0 Å². The Kier molecular flexibility index (Phi) is 4.72. The molecule has 31 heavy (non-hydrogen) atoms. The first-order valence-corrected chi connectivity index (χ1v) is 11.5. The van der Waals surface area contributed by atoms with E-state index in [-0.39, 0.29) is 29.1 Å². The minimum absolute atomic E-state index is 0.0238. The largest absolute Gasteiger partial charge is 0.501 e. The van der Waals surface area contributed by atoms with Gasteiger partial charge in [-0.2, -0.15) is 4.98 Å². The van der Waals surface area contributed by atoms with Gasteiger partial charge in [-0.25, -0.2) is 0 Å². The summed E-state index contributed by atoms with van der Waals surface area (Å²) in [5, 5.41) is 10.5. The zero-order valence-corrected chi connectivity index (χ0v) is 18.6. The number of benzene rings is 1. The van der Waals surface area contributed by atoms with Crippen LogP contribution < -0.4 is 5.56 Å². The molecule has 1 aromatic carbocycles. The molecule has 5 rings (SSSR count). The monoisotopic (exact) mass is 421 g/mol. The first-order chi connectivity index (χ1) is 14.8. The highest BCUT2D eigenvalue weighted by atomic mass is 16.3. The predicted molar refractivity (Wildman–Crippen MR) is 119 cm³/mol. The fraction of sp³-hybridized carbons (Fsp3) is 0.560. The maximum absolute atomic E-state index is 13.3. The average Bonchev–Trinajstić information content (AvgIpc) is 3.41. The van der Waals surface area contributed by atoms with Gasteiger partial charge in [-0.05, 0) is 52.0 Å². The number of nitrogens with zero attached hydrogens (tertiary/aromatic N) is 3. The summed E-state index contributed by atoms with van der Waals surface area (Å²) in [7, 11) is 0. The summed E-state index contributed by atoms with van der Waals surface area (Å²) in [6.45, 7) is 6.86. The summed E-state index contributed by atoms with van der Waals surface area (Å²) in [5.74, 6) is -0.0981. The van der Waals surface area contributed by atoms with Crippen molar-refractivity contribution in [2.75, 3.05) is 0 Å². The van der Waals surface area contributed by atoms with Gasteiger partial charge in [0.25, 0.3) is 5.91 Å². The van der Waals surface area contributed by atoms with Crippen molar-refractivity contribution in [1.82, 2.24) is 14.5 Å². The standard InChI is InChI=1S/C25H31N3O3/c1-15-10-16(2)12-18(11-15)25(8-4-5-9-25)13-20-26-23(30)22(29)21-24(31)28(19-6-7-19)17(3)14-27(20)21/h10-12,17,19,29H,4-9,13-14H2,1-3H3. The third kappa shape index (κ3) is 3.36. The molecule has 6 heteroatoms. The first-order valence-electron chi connectivity index (χ1n) is 11.5. The SMILES string of the molecule is Cc1cc(C)cc(C2(Cc3nc(=O)c(O)c4n3CC(C)N(C3CC3)C4=O)CCCC2)c1. The molecule has 1 amide bonds. The lowest BCUT2D eigenvalue weighted by Gasteiger charge is -2.38. The molecule has 1 aliphatic heterocycles. The molecule has 164 valence electrons. The van der Waals surface area contributed by atoms with Gasteiger partial charge in [0.2, 0.25) is 5.75 Å². The molecule has 2 aliphatic carbocycles. The highest BCUT2D eigenvalue weighted by Gasteiger charge is 2.44. The van der Waals surface area contributed by atoms with Gasteiger partial charge in [-0.15, -0.1) is 0 Å². The molecular weight excluding hydrogens is 390 g/mol. The fourth-order valence-corrected chi connectivity index (χ4v) is 5.89. The molecule has 2 saturated carbocycles. The van der Waals surface area contributed by atoms with Crippen LogP contribution in [-0.2, 0) is 18.4 Å². The second kappa shape index (κ2) is 7.21. The highest BCUT2D eigenvalue weighted by Crippen LogP contribution is 2.44. The van der Waals surface area contributed by atoms with Crippen LogP contribution in [0.2, 0.25) is 0 Å². The lowest BCUT2D eigenvalue weighted by Crippen LogP contribution is -2.50. The van der Waals surface area contributed by atoms with E-state index >= 15 is 0 Å². The second-order valence-corrected chi connectivity index (χ2v) is 9.97. The van der Waals surface area contributed by atoms with Gasteiger partial charge in [-0.3, -0.25) is 9.59 Å². The van der Waals surface area contributed by atoms with Gasteiger partial charge in [0.15, 0.2) is 5.69 Å². The Morgan fingerprint density at radius 3 is 2.35 bits per heavy atom. The summed E-state index contributed by atoms with van der Waals surface area (Å²) in [6.07, 6.45) is 6.98. The zero-order chi connectivity index (χ0) is 21.9. The summed E-state index contributed by atoms with van der Waals surface area (Å²) in [4.78, 5) is 32.1. The van der Waals surface area contributed by atoms with E-state index in [2.05, 4.69) is 37.0 Å². The van der Waals surface area contributed by atoms with Crippen LogP contribution >= 0.6 is 0 Å². The lowest BCUT2D eigenvalue weighted by molar-refractivity contribution is 0.0580. The van der Waals surface area contributed by atoms with E-state index in [9.17, 15) is 14.7 Å². The van der Waals surface area contributed by atoms with Crippen LogP contribution in [0, 0.1) is 13.8 Å². The van der Waals surface area contributed by atoms with Gasteiger partial charge in [0, 0.05) is 30.5 Å². The third-order valence-corrected chi connectivity index (χ3v) is 7.43. The van der Waals surface area contributed by atoms with Crippen molar-refractivity contribution in [3.8, 4) is 5.75 Å². The molecule has 0 radical (unpaired) electrons. The summed E-state index contributed by atoms with van der Waals surface area (Å²) < 4.78 is 1.84. The van der Waals surface area contributed by atoms with Gasteiger partial charge in [-0.1, -0.05) is 42.2 Å². The van der Waals surface area contributed by atoms with Crippen LogP contribution in [0.3, 0.4) is 0 Å². The highest BCUT2D eigenvalue weighted by molar-refractivity contribution is 5.96. The molecule has 6 nitrogen and oxygen atoms in total. The van der Waals surface area contributed by atoms with Crippen LogP contribution in [0.1, 0.15) is 78.5 Å². The van der Waals surface area contributed by atoms with Crippen molar-refractivity contribution in [2.24, 2.45) is 0 Å². The molecule has 2 fully saturated rings. The average molecular weight is 422 g/mol. The number of aromatic nitrogens is 2. The normalized spacial score (nSPS) is 22.6. The molecule has 1 N–H and O–H groups in total. The van der Waals surface area contributed by atoms with Crippen molar-refractivity contribution in [3.05, 3.63) is 56.8 Å². The lowest BCUT2D eigenvalue weighted by atomic mass is 9.75. The smallest absolute Gasteiger partial charge is 0.315 e. The minimum Gasteiger partial charge on any atom is -0.501 e. The predicted octanol–water partition coefficient (Wildman–Crippen LogP) is 3.63. The number of aryl methyl sites for hydroxylation is 2. The van der Waals surface area contributed by atoms with Crippen molar-refractivity contribution in [3.63, 3.8) is 0 Å². The Hall–Kier alpha value is -2.63. The molecule has 0 bridgehead atoms. The number of amides is 1. The van der Waals surface area contributed by atoms with Crippen molar-refractivity contribution < 1.29 is 9.90 Å². The molecule has 2 aromatic rings. The Morgan fingerprint density at radius 1 is 1.10 bits per heavy atom. The van der Waals surface area contributed by atoms with E-state index in [1.54, 1.807) is 0 Å². The van der Waals surface area contributed by atoms with Crippen LogP contribution in [0.5, 0.6) is 5.75 Å². The van der Waals surface area contributed by atoms with E-state index in [0.29, 0.717) is 18.8 Å². The van der Waals surface area contributed by atoms with Crippen molar-refractivity contribution in [1.29, 1.82) is 0 Å². The summed E-state index contributed by atoms with van der Waals surface area (Å²) in [6, 6.07) is 6.96. The minimum atomic E-state index is -0.687. The molecule has 1 unspecified atom stereocenters. The van der Waals surface area contributed by atoms with E-state index in [4.69, 9.17) is 0 Å². The second-order valence-electron chi connectivity index (χ2n) is 9.97. The maximum atomic E-state index is 13.3. The molecule has 2 heterocycles. The van der Waals surface area contributed by atoms with Crippen LogP contribution in [0.15, 0.2) is 23.0 Å². The quantitative estimate of drug-likeness (QED) is 0.818. The van der Waals surface area contributed by atoms with Gasteiger partial charge >= 0.3 is 5.56 Å². The summed E-state index contributed by atoms with van der Waals surface area (Å²) >= 11 is 0. The van der Waals surface area contributed by atoms with E-state index in [1.807, 2.05) is 16.4 Å². The van der Waals surface area contributed by atoms with Gasteiger partial charge < -0.3 is 14.6 Å². The molecule has 0 saturated heterocycles. The molecular formula is C25H31N3O3. The van der Waals surface area contributed by atoms with E-state index < -0.39 is 11.3 Å². The number of aromatic hydroxyl groups is 1. The van der Waals surface area contributed by atoms with Gasteiger partial charge in [0.05, 0.1) is 0 Å². The molecule has 3 aliphatic rings. The Morgan fingerprint density at radius 2 is 1.74 bits per heavy atom. The van der Waals surface area contributed by atoms with E-state index in [1.165, 1.54) is 16.7 Å². The van der Waals surface area contributed by atoms with Crippen LogP contribution in [-0.4, -0.2) is 37.5 Å². The number of hydrogen-bond acceptors (Lipinski definition) is 4.